The lowest BCUT2D eigenvalue weighted by atomic mass is 10.1. The third-order valence-electron chi connectivity index (χ3n) is 3.80. The van der Waals surface area contributed by atoms with Crippen molar-refractivity contribution in [2.24, 2.45) is 5.73 Å². The SMILES string of the molecule is CCOC(=O)c1c(NC(=O)COc2ccc(CC)cc2)sc(C(N)=O)c1C. The van der Waals surface area contributed by atoms with Gasteiger partial charge in [0.25, 0.3) is 11.8 Å². The summed E-state index contributed by atoms with van der Waals surface area (Å²) in [6.45, 7) is 5.24. The summed E-state index contributed by atoms with van der Waals surface area (Å²) < 4.78 is 10.5. The zero-order chi connectivity index (χ0) is 20.0. The van der Waals surface area contributed by atoms with E-state index in [4.69, 9.17) is 15.2 Å². The van der Waals surface area contributed by atoms with E-state index in [-0.39, 0.29) is 28.7 Å². The van der Waals surface area contributed by atoms with E-state index in [1.165, 1.54) is 5.56 Å². The molecular formula is C19H22N2O5S. The molecule has 0 radical (unpaired) electrons. The molecule has 1 heterocycles. The van der Waals surface area contributed by atoms with Crippen molar-refractivity contribution in [1.29, 1.82) is 0 Å². The lowest BCUT2D eigenvalue weighted by Crippen LogP contribution is -2.21. The third-order valence-corrected chi connectivity index (χ3v) is 5.03. The molecule has 2 amide bonds. The molecule has 0 aliphatic carbocycles. The van der Waals surface area contributed by atoms with Gasteiger partial charge in [0.15, 0.2) is 6.61 Å². The van der Waals surface area contributed by atoms with Gasteiger partial charge in [-0.3, -0.25) is 9.59 Å². The number of hydrogen-bond acceptors (Lipinski definition) is 6. The van der Waals surface area contributed by atoms with Gasteiger partial charge >= 0.3 is 5.97 Å². The summed E-state index contributed by atoms with van der Waals surface area (Å²) in [4.78, 5) is 36.2. The quantitative estimate of drug-likeness (QED) is 0.674. The van der Waals surface area contributed by atoms with E-state index in [1.807, 2.05) is 19.1 Å². The molecule has 0 aliphatic rings. The number of aryl methyl sites for hydroxylation is 1. The van der Waals surface area contributed by atoms with Crippen molar-refractivity contribution < 1.29 is 23.9 Å². The van der Waals surface area contributed by atoms with Crippen molar-refractivity contribution in [3.63, 3.8) is 0 Å². The largest absolute Gasteiger partial charge is 0.484 e. The summed E-state index contributed by atoms with van der Waals surface area (Å²) >= 11 is 0.940. The first kappa shape index (κ1) is 20.4. The number of carbonyl (C=O) groups excluding carboxylic acids is 3. The highest BCUT2D eigenvalue weighted by atomic mass is 32.1. The molecule has 1 aromatic heterocycles. The molecule has 3 N–H and O–H groups in total. The van der Waals surface area contributed by atoms with Gasteiger partial charge < -0.3 is 20.5 Å². The van der Waals surface area contributed by atoms with Crippen molar-refractivity contribution in [3.05, 3.63) is 45.8 Å². The number of hydrogen-bond donors (Lipinski definition) is 2. The van der Waals surface area contributed by atoms with Gasteiger partial charge in [-0.05, 0) is 43.5 Å². The highest BCUT2D eigenvalue weighted by molar-refractivity contribution is 7.18. The Morgan fingerprint density at radius 3 is 2.37 bits per heavy atom. The standard InChI is InChI=1S/C19H22N2O5S/c1-4-12-6-8-13(9-7-12)26-10-14(22)21-18-15(19(24)25-5-2)11(3)16(27-18)17(20)23/h6-9H,4-5,10H2,1-3H3,(H2,20,23)(H,21,22). The zero-order valence-corrected chi connectivity index (χ0v) is 16.3. The number of esters is 1. The van der Waals surface area contributed by atoms with E-state index in [1.54, 1.807) is 26.0 Å². The van der Waals surface area contributed by atoms with Crippen LogP contribution in [-0.4, -0.2) is 31.0 Å². The smallest absolute Gasteiger partial charge is 0.341 e. The first-order valence-corrected chi connectivity index (χ1v) is 9.30. The third kappa shape index (κ3) is 5.07. The molecule has 0 unspecified atom stereocenters. The van der Waals surface area contributed by atoms with E-state index in [0.29, 0.717) is 11.3 Å². The molecule has 8 heteroatoms. The normalized spacial score (nSPS) is 10.3. The average molecular weight is 390 g/mol. The predicted octanol–water partition coefficient (Wildman–Crippen LogP) is 2.91. The number of nitrogens with one attached hydrogen (secondary N) is 1. The molecule has 1 aromatic carbocycles. The van der Waals surface area contributed by atoms with Gasteiger partial charge in [0.05, 0.1) is 17.0 Å². The van der Waals surface area contributed by atoms with Crippen molar-refractivity contribution in [3.8, 4) is 5.75 Å². The predicted molar refractivity (Wildman–Crippen MR) is 103 cm³/mol. The van der Waals surface area contributed by atoms with Gasteiger partial charge in [-0.25, -0.2) is 4.79 Å². The fraction of sp³-hybridized carbons (Fsp3) is 0.316. The monoisotopic (exact) mass is 390 g/mol. The number of carbonyl (C=O) groups is 3. The second kappa shape index (κ2) is 9.18. The van der Waals surface area contributed by atoms with Crippen LogP contribution in [0.2, 0.25) is 0 Å². The number of amides is 2. The van der Waals surface area contributed by atoms with E-state index in [0.717, 1.165) is 17.8 Å². The maximum absolute atomic E-state index is 12.2. The van der Waals surface area contributed by atoms with Crippen LogP contribution in [0.5, 0.6) is 5.75 Å². The summed E-state index contributed by atoms with van der Waals surface area (Å²) in [5, 5.41) is 2.82. The molecule has 0 atom stereocenters. The van der Waals surface area contributed by atoms with Gasteiger partial charge in [-0.1, -0.05) is 19.1 Å². The molecule has 0 saturated heterocycles. The lowest BCUT2D eigenvalue weighted by Gasteiger charge is -2.09. The average Bonchev–Trinajstić information content (AvgIpc) is 2.97. The second-order valence-electron chi connectivity index (χ2n) is 5.68. The van der Waals surface area contributed by atoms with E-state index in [2.05, 4.69) is 5.32 Å². The Bertz CT molecular complexity index is 843. The number of rotatable bonds is 8. The summed E-state index contributed by atoms with van der Waals surface area (Å²) in [6, 6.07) is 7.43. The first-order valence-electron chi connectivity index (χ1n) is 8.49. The van der Waals surface area contributed by atoms with Crippen LogP contribution in [0, 0.1) is 6.92 Å². The molecule has 0 bridgehead atoms. The minimum absolute atomic E-state index is 0.135. The number of thiophene rings is 1. The van der Waals surface area contributed by atoms with Crippen LogP contribution in [0.15, 0.2) is 24.3 Å². The molecule has 2 rings (SSSR count). The highest BCUT2D eigenvalue weighted by Gasteiger charge is 2.25. The summed E-state index contributed by atoms with van der Waals surface area (Å²) in [7, 11) is 0. The molecular weight excluding hydrogens is 368 g/mol. The van der Waals surface area contributed by atoms with E-state index < -0.39 is 17.8 Å². The number of ether oxygens (including phenoxy) is 2. The summed E-state index contributed by atoms with van der Waals surface area (Å²) in [5.41, 5.74) is 7.03. The maximum Gasteiger partial charge on any atom is 0.341 e. The van der Waals surface area contributed by atoms with Crippen molar-refractivity contribution >= 4 is 34.1 Å². The molecule has 7 nitrogen and oxygen atoms in total. The minimum atomic E-state index is -0.671. The maximum atomic E-state index is 12.2. The molecule has 0 aliphatic heterocycles. The van der Waals surface area contributed by atoms with E-state index in [9.17, 15) is 14.4 Å². The van der Waals surface area contributed by atoms with Crippen LogP contribution in [0.25, 0.3) is 0 Å². The molecule has 2 aromatic rings. The van der Waals surface area contributed by atoms with Crippen LogP contribution in [0.4, 0.5) is 5.00 Å². The van der Waals surface area contributed by atoms with Crippen molar-refractivity contribution in [2.45, 2.75) is 27.2 Å². The molecule has 0 fully saturated rings. The molecule has 0 spiro atoms. The topological polar surface area (TPSA) is 108 Å². The Balaban J connectivity index is 2.12. The van der Waals surface area contributed by atoms with Gasteiger partial charge in [-0.15, -0.1) is 11.3 Å². The molecule has 0 saturated carbocycles. The second-order valence-corrected chi connectivity index (χ2v) is 6.70. The van der Waals surface area contributed by atoms with Crippen molar-refractivity contribution in [2.75, 3.05) is 18.5 Å². The number of benzene rings is 1. The number of primary amides is 1. The highest BCUT2D eigenvalue weighted by Crippen LogP contribution is 2.33. The van der Waals surface area contributed by atoms with Gasteiger partial charge in [0.1, 0.15) is 10.8 Å². The Hall–Kier alpha value is -2.87. The van der Waals surface area contributed by atoms with Crippen molar-refractivity contribution in [1.82, 2.24) is 0 Å². The Kier molecular flexibility index (Phi) is 6.95. The minimum Gasteiger partial charge on any atom is -0.484 e. The Labute approximate surface area is 161 Å². The fourth-order valence-electron chi connectivity index (χ4n) is 2.42. The van der Waals surface area contributed by atoms with Crippen LogP contribution < -0.4 is 15.8 Å². The number of anilines is 1. The summed E-state index contributed by atoms with van der Waals surface area (Å²) in [6.07, 6.45) is 0.914. The number of nitrogens with two attached hydrogens (primary N) is 1. The van der Waals surface area contributed by atoms with Crippen LogP contribution >= 0.6 is 11.3 Å². The van der Waals surface area contributed by atoms with Gasteiger partial charge in [0.2, 0.25) is 0 Å². The van der Waals surface area contributed by atoms with Crippen LogP contribution in [-0.2, 0) is 16.0 Å². The fourth-order valence-corrected chi connectivity index (χ4v) is 3.48. The molecule has 144 valence electrons. The van der Waals surface area contributed by atoms with Crippen LogP contribution in [0.1, 0.15) is 45.0 Å². The lowest BCUT2D eigenvalue weighted by molar-refractivity contribution is -0.118. The zero-order valence-electron chi connectivity index (χ0n) is 15.5. The van der Waals surface area contributed by atoms with E-state index >= 15 is 0 Å². The van der Waals surface area contributed by atoms with Gasteiger partial charge in [-0.2, -0.15) is 0 Å². The Morgan fingerprint density at radius 2 is 1.81 bits per heavy atom. The first-order chi connectivity index (χ1) is 12.9. The summed E-state index contributed by atoms with van der Waals surface area (Å²) in [5.74, 6) is -1.19. The van der Waals surface area contributed by atoms with Crippen LogP contribution in [0.3, 0.4) is 0 Å². The van der Waals surface area contributed by atoms with Gasteiger partial charge in [0, 0.05) is 0 Å². The molecule has 27 heavy (non-hydrogen) atoms. The Morgan fingerprint density at radius 1 is 1.15 bits per heavy atom.